The number of halogens is 4. The highest BCUT2D eigenvalue weighted by Gasteiger charge is 2.30. The normalized spacial score (nSPS) is 22.1. The summed E-state index contributed by atoms with van der Waals surface area (Å²) in [5.74, 6) is -3.33. The summed E-state index contributed by atoms with van der Waals surface area (Å²) in [6, 6.07) is 13.4. The lowest BCUT2D eigenvalue weighted by Gasteiger charge is -2.27. The first-order chi connectivity index (χ1) is 18.4. The molecule has 1 saturated heterocycles. The van der Waals surface area contributed by atoms with E-state index >= 15 is 8.78 Å². The maximum atomic E-state index is 15.2. The van der Waals surface area contributed by atoms with Crippen LogP contribution in [0.4, 0.5) is 17.6 Å². The molecule has 0 amide bonds. The summed E-state index contributed by atoms with van der Waals surface area (Å²) in [7, 11) is 0. The van der Waals surface area contributed by atoms with Gasteiger partial charge in [0.2, 0.25) is 0 Å². The van der Waals surface area contributed by atoms with Gasteiger partial charge in [0.25, 0.3) is 0 Å². The van der Waals surface area contributed by atoms with E-state index in [2.05, 4.69) is 0 Å². The Balaban J connectivity index is 1.23. The van der Waals surface area contributed by atoms with E-state index < -0.39 is 29.4 Å². The summed E-state index contributed by atoms with van der Waals surface area (Å²) in [5.41, 5.74) is 2.36. The van der Waals surface area contributed by atoms with Crippen LogP contribution in [0, 0.1) is 29.2 Å². The lowest BCUT2D eigenvalue weighted by Crippen LogP contribution is -2.13. The van der Waals surface area contributed by atoms with Gasteiger partial charge in [0.05, 0.1) is 12.7 Å². The van der Waals surface area contributed by atoms with Crippen molar-refractivity contribution in [1.82, 2.24) is 0 Å². The number of epoxide rings is 1. The molecule has 3 aromatic carbocycles. The molecule has 6 heteroatoms. The molecule has 3 aromatic rings. The smallest absolute Gasteiger partial charge is 0.166 e. The van der Waals surface area contributed by atoms with E-state index in [0.29, 0.717) is 37.0 Å². The fourth-order valence-corrected chi connectivity index (χ4v) is 5.47. The van der Waals surface area contributed by atoms with Crippen molar-refractivity contribution >= 4 is 6.08 Å². The van der Waals surface area contributed by atoms with Crippen LogP contribution in [0.1, 0.15) is 85.8 Å². The summed E-state index contributed by atoms with van der Waals surface area (Å²) in [6.45, 7) is 2.41. The van der Waals surface area contributed by atoms with Gasteiger partial charge in [0.15, 0.2) is 23.3 Å². The van der Waals surface area contributed by atoms with E-state index in [-0.39, 0.29) is 34.6 Å². The zero-order valence-electron chi connectivity index (χ0n) is 21.4. The molecule has 0 bridgehead atoms. The van der Waals surface area contributed by atoms with Gasteiger partial charge in [-0.25, -0.2) is 17.6 Å². The van der Waals surface area contributed by atoms with Crippen molar-refractivity contribution in [3.63, 3.8) is 0 Å². The highest BCUT2D eigenvalue weighted by molar-refractivity contribution is 5.65. The molecule has 1 saturated carbocycles. The molecule has 2 atom stereocenters. The lowest BCUT2D eigenvalue weighted by atomic mass is 9.78. The number of ether oxygens (including phenoxy) is 1. The maximum Gasteiger partial charge on any atom is 0.166 e. The minimum absolute atomic E-state index is 0.0956. The third-order valence-corrected chi connectivity index (χ3v) is 7.86. The minimum Gasteiger partial charge on any atom is -0.388 e. The van der Waals surface area contributed by atoms with E-state index in [1.54, 1.807) is 54.6 Å². The van der Waals surface area contributed by atoms with Gasteiger partial charge in [-0.15, -0.1) is 0 Å². The van der Waals surface area contributed by atoms with E-state index in [1.807, 2.05) is 13.0 Å². The van der Waals surface area contributed by atoms with E-state index in [9.17, 15) is 13.9 Å². The molecule has 200 valence electrons. The molecule has 1 aliphatic heterocycles. The van der Waals surface area contributed by atoms with Crippen LogP contribution < -0.4 is 0 Å². The van der Waals surface area contributed by atoms with Gasteiger partial charge in [0.1, 0.15) is 6.10 Å². The van der Waals surface area contributed by atoms with Gasteiger partial charge in [0, 0.05) is 16.7 Å². The predicted molar refractivity (Wildman–Crippen MR) is 140 cm³/mol. The standard InChI is InChI=1S/C32H32F4O2/c1-2-3-27(37)22-12-10-21(11-13-22)25-17-16-24(30(34)31(25)35)20-7-4-19(5-8-20)6-9-23-14-15-26(28-18-38-28)32(36)29(23)33/h6,9-17,19-20,27-28,37H,2-5,7-8,18H2,1H3/b9-6+. The van der Waals surface area contributed by atoms with Crippen molar-refractivity contribution in [2.45, 2.75) is 63.6 Å². The van der Waals surface area contributed by atoms with E-state index in [0.717, 1.165) is 24.8 Å². The fourth-order valence-electron chi connectivity index (χ4n) is 5.47. The largest absolute Gasteiger partial charge is 0.388 e. The zero-order chi connectivity index (χ0) is 26.8. The third-order valence-electron chi connectivity index (χ3n) is 7.86. The second-order valence-corrected chi connectivity index (χ2v) is 10.4. The quantitative estimate of drug-likeness (QED) is 0.236. The molecule has 2 aliphatic rings. The first-order valence-electron chi connectivity index (χ1n) is 13.4. The lowest BCUT2D eigenvalue weighted by molar-refractivity contribution is 0.166. The van der Waals surface area contributed by atoms with Crippen molar-refractivity contribution < 1.29 is 27.4 Å². The van der Waals surface area contributed by atoms with Crippen molar-refractivity contribution in [2.75, 3.05) is 6.61 Å². The molecule has 2 nitrogen and oxygen atoms in total. The number of rotatable bonds is 8. The second kappa shape index (κ2) is 11.4. The molecule has 2 fully saturated rings. The van der Waals surface area contributed by atoms with Gasteiger partial charge in [-0.1, -0.05) is 74.0 Å². The number of benzene rings is 3. The fraction of sp³-hybridized carbons (Fsp3) is 0.375. The molecule has 0 spiro atoms. The average molecular weight is 525 g/mol. The van der Waals surface area contributed by atoms with Crippen LogP contribution in [0.15, 0.2) is 54.6 Å². The zero-order valence-corrected chi connectivity index (χ0v) is 21.4. The molecule has 5 rings (SSSR count). The average Bonchev–Trinajstić information content (AvgIpc) is 3.77. The van der Waals surface area contributed by atoms with E-state index in [4.69, 9.17) is 4.74 Å². The Bertz CT molecular complexity index is 1310. The van der Waals surface area contributed by atoms with E-state index in [1.165, 1.54) is 0 Å². The Morgan fingerprint density at radius 2 is 1.50 bits per heavy atom. The Kier molecular flexibility index (Phi) is 8.01. The molecule has 2 unspecified atom stereocenters. The molecule has 0 radical (unpaired) electrons. The molecule has 1 aliphatic carbocycles. The van der Waals surface area contributed by atoms with Gasteiger partial charge in [-0.3, -0.25) is 0 Å². The molecule has 0 aromatic heterocycles. The number of hydrogen-bond donors (Lipinski definition) is 1. The van der Waals surface area contributed by atoms with Crippen LogP contribution in [0.5, 0.6) is 0 Å². The monoisotopic (exact) mass is 524 g/mol. The van der Waals surface area contributed by atoms with Crippen LogP contribution in [-0.4, -0.2) is 11.7 Å². The Morgan fingerprint density at radius 1 is 0.842 bits per heavy atom. The molecular weight excluding hydrogens is 492 g/mol. The molecular formula is C32H32F4O2. The first-order valence-corrected chi connectivity index (χ1v) is 13.4. The van der Waals surface area contributed by atoms with Gasteiger partial charge >= 0.3 is 0 Å². The Morgan fingerprint density at radius 3 is 2.16 bits per heavy atom. The number of hydrogen-bond acceptors (Lipinski definition) is 2. The summed E-state index contributed by atoms with van der Waals surface area (Å²) in [6.07, 6.45) is 6.97. The molecule has 38 heavy (non-hydrogen) atoms. The van der Waals surface area contributed by atoms with Crippen molar-refractivity contribution in [1.29, 1.82) is 0 Å². The number of aliphatic hydroxyl groups excluding tert-OH is 1. The second-order valence-electron chi connectivity index (χ2n) is 10.4. The Labute approximate surface area is 221 Å². The van der Waals surface area contributed by atoms with Gasteiger partial charge in [-0.2, -0.15) is 0 Å². The highest BCUT2D eigenvalue weighted by Crippen LogP contribution is 2.40. The van der Waals surface area contributed by atoms with Crippen LogP contribution >= 0.6 is 0 Å². The van der Waals surface area contributed by atoms with Crippen molar-refractivity contribution in [3.8, 4) is 11.1 Å². The summed E-state index contributed by atoms with van der Waals surface area (Å²) >= 11 is 0. The van der Waals surface area contributed by atoms with Crippen LogP contribution in [0.2, 0.25) is 0 Å². The summed E-state index contributed by atoms with van der Waals surface area (Å²) in [5, 5.41) is 10.2. The molecule has 1 heterocycles. The number of aliphatic hydroxyl groups is 1. The van der Waals surface area contributed by atoms with Gasteiger partial charge < -0.3 is 9.84 Å². The minimum atomic E-state index is -0.868. The highest BCUT2D eigenvalue weighted by atomic mass is 19.2. The first kappa shape index (κ1) is 26.6. The summed E-state index contributed by atoms with van der Waals surface area (Å²) in [4.78, 5) is 0. The maximum absolute atomic E-state index is 15.2. The summed E-state index contributed by atoms with van der Waals surface area (Å²) < 4.78 is 64.1. The third kappa shape index (κ3) is 5.57. The SMILES string of the molecule is CCCC(O)c1ccc(-c2ccc(C3CCC(/C=C/c4ccc(C5CO5)c(F)c4F)CC3)c(F)c2F)cc1. The Hall–Kier alpha value is -2.96. The van der Waals surface area contributed by atoms with Crippen LogP contribution in [0.3, 0.4) is 0 Å². The topological polar surface area (TPSA) is 32.8 Å². The van der Waals surface area contributed by atoms with Crippen LogP contribution in [0.25, 0.3) is 17.2 Å². The van der Waals surface area contributed by atoms with Gasteiger partial charge in [-0.05, 0) is 60.6 Å². The number of allylic oxidation sites excluding steroid dienone is 1. The predicted octanol–water partition coefficient (Wildman–Crippen LogP) is 8.80. The van der Waals surface area contributed by atoms with Crippen molar-refractivity contribution in [3.05, 3.63) is 100 Å². The molecule has 1 N–H and O–H groups in total. The van der Waals surface area contributed by atoms with Crippen LogP contribution in [-0.2, 0) is 4.74 Å². The van der Waals surface area contributed by atoms with Crippen molar-refractivity contribution in [2.24, 2.45) is 5.92 Å².